The summed E-state index contributed by atoms with van der Waals surface area (Å²) in [6.07, 6.45) is 3.01. The number of anilines is 2. The molecule has 0 bridgehead atoms. The van der Waals surface area contributed by atoms with E-state index in [-0.39, 0.29) is 10.5 Å². The van der Waals surface area contributed by atoms with Crippen molar-refractivity contribution in [3.05, 3.63) is 102 Å². The number of nitrogens with one attached hydrogen (secondary N) is 2. The predicted molar refractivity (Wildman–Crippen MR) is 124 cm³/mol. The maximum Gasteiger partial charge on any atom is 0.261 e. The molecular weight excluding hydrogens is 424 g/mol. The van der Waals surface area contributed by atoms with Crippen LogP contribution in [0.1, 0.15) is 15.9 Å². The molecule has 7 nitrogen and oxygen atoms in total. The van der Waals surface area contributed by atoms with E-state index < -0.39 is 15.9 Å². The Morgan fingerprint density at radius 3 is 2.25 bits per heavy atom. The van der Waals surface area contributed by atoms with E-state index in [4.69, 9.17) is 0 Å². The molecule has 0 atom stereocenters. The first-order valence-corrected chi connectivity index (χ1v) is 11.3. The summed E-state index contributed by atoms with van der Waals surface area (Å²) in [7, 11) is -3.85. The SMILES string of the molecule is Cc1cccc(NS(=O)(=O)c2cccc(C(=O)Nc3cnc(-c4ccccc4)nc3)c2)c1. The number of aryl methyl sites for hydroxylation is 1. The van der Waals surface area contributed by atoms with E-state index in [1.807, 2.05) is 43.3 Å². The molecule has 1 aromatic heterocycles. The third kappa shape index (κ3) is 4.98. The number of hydrogen-bond donors (Lipinski definition) is 2. The summed E-state index contributed by atoms with van der Waals surface area (Å²) < 4.78 is 28.0. The Hall–Kier alpha value is -4.04. The van der Waals surface area contributed by atoms with Gasteiger partial charge in [-0.05, 0) is 42.8 Å². The molecule has 0 aliphatic heterocycles. The Labute approximate surface area is 186 Å². The quantitative estimate of drug-likeness (QED) is 0.456. The van der Waals surface area contributed by atoms with Crippen LogP contribution in [-0.2, 0) is 10.0 Å². The summed E-state index contributed by atoms with van der Waals surface area (Å²) in [5.41, 5.74) is 2.85. The average Bonchev–Trinajstić information content (AvgIpc) is 2.80. The highest BCUT2D eigenvalue weighted by Gasteiger charge is 2.17. The first kappa shape index (κ1) is 21.2. The standard InChI is InChI=1S/C24H20N4O3S/c1-17-7-5-11-20(13-17)28-32(30,31)22-12-6-10-19(14-22)24(29)27-21-15-25-23(26-16-21)18-8-3-2-4-9-18/h2-16,28H,1H3,(H,27,29). The van der Waals surface area contributed by atoms with Crippen molar-refractivity contribution in [3.8, 4) is 11.4 Å². The molecule has 0 fully saturated rings. The van der Waals surface area contributed by atoms with Crippen molar-refractivity contribution in [1.82, 2.24) is 9.97 Å². The maximum atomic E-state index is 12.8. The second kappa shape index (κ2) is 8.99. The van der Waals surface area contributed by atoms with Crippen LogP contribution in [0.2, 0.25) is 0 Å². The number of benzene rings is 3. The van der Waals surface area contributed by atoms with Crippen LogP contribution in [0.15, 0.2) is 96.2 Å². The molecule has 0 saturated carbocycles. The van der Waals surface area contributed by atoms with E-state index >= 15 is 0 Å². The van der Waals surface area contributed by atoms with Gasteiger partial charge in [0.05, 0.1) is 23.0 Å². The lowest BCUT2D eigenvalue weighted by molar-refractivity contribution is 0.102. The molecule has 8 heteroatoms. The number of rotatable bonds is 6. The molecule has 0 saturated heterocycles. The van der Waals surface area contributed by atoms with Crippen molar-refractivity contribution in [2.24, 2.45) is 0 Å². The highest BCUT2D eigenvalue weighted by Crippen LogP contribution is 2.19. The first-order valence-electron chi connectivity index (χ1n) is 9.79. The lowest BCUT2D eigenvalue weighted by atomic mass is 10.2. The molecule has 0 unspecified atom stereocenters. The van der Waals surface area contributed by atoms with Gasteiger partial charge in [0.1, 0.15) is 0 Å². The molecule has 1 amide bonds. The van der Waals surface area contributed by atoms with E-state index in [2.05, 4.69) is 20.0 Å². The highest BCUT2D eigenvalue weighted by molar-refractivity contribution is 7.92. The van der Waals surface area contributed by atoms with Crippen LogP contribution >= 0.6 is 0 Å². The molecule has 1 heterocycles. The summed E-state index contributed by atoms with van der Waals surface area (Å²) in [5.74, 6) is 0.0765. The molecular formula is C24H20N4O3S. The van der Waals surface area contributed by atoms with Crippen molar-refractivity contribution in [2.45, 2.75) is 11.8 Å². The third-order valence-corrected chi connectivity index (χ3v) is 6.00. The monoisotopic (exact) mass is 444 g/mol. The van der Waals surface area contributed by atoms with Crippen LogP contribution < -0.4 is 10.0 Å². The molecule has 4 aromatic rings. The molecule has 0 aliphatic carbocycles. The fraction of sp³-hybridized carbons (Fsp3) is 0.0417. The topological polar surface area (TPSA) is 101 Å². The van der Waals surface area contributed by atoms with Gasteiger partial charge in [-0.15, -0.1) is 0 Å². The normalized spacial score (nSPS) is 11.0. The average molecular weight is 445 g/mol. The molecule has 4 rings (SSSR count). The van der Waals surface area contributed by atoms with E-state index in [9.17, 15) is 13.2 Å². The Balaban J connectivity index is 1.49. The van der Waals surface area contributed by atoms with Gasteiger partial charge in [0.25, 0.3) is 15.9 Å². The highest BCUT2D eigenvalue weighted by atomic mass is 32.2. The molecule has 0 radical (unpaired) electrons. The smallest absolute Gasteiger partial charge is 0.261 e. The van der Waals surface area contributed by atoms with Gasteiger partial charge in [-0.25, -0.2) is 18.4 Å². The minimum Gasteiger partial charge on any atom is -0.319 e. The van der Waals surface area contributed by atoms with Crippen LogP contribution in [0.25, 0.3) is 11.4 Å². The second-order valence-corrected chi connectivity index (χ2v) is 8.80. The van der Waals surface area contributed by atoms with Gasteiger partial charge in [0, 0.05) is 16.8 Å². The van der Waals surface area contributed by atoms with Crippen molar-refractivity contribution in [2.75, 3.05) is 10.0 Å². The Morgan fingerprint density at radius 1 is 0.812 bits per heavy atom. The zero-order valence-electron chi connectivity index (χ0n) is 17.2. The lowest BCUT2D eigenvalue weighted by Gasteiger charge is -2.10. The number of amides is 1. The van der Waals surface area contributed by atoms with Gasteiger partial charge in [0.15, 0.2) is 5.82 Å². The largest absolute Gasteiger partial charge is 0.319 e. The Kier molecular flexibility index (Phi) is 5.96. The zero-order chi connectivity index (χ0) is 22.6. The van der Waals surface area contributed by atoms with Crippen molar-refractivity contribution in [1.29, 1.82) is 0 Å². The Bertz CT molecular complexity index is 1360. The van der Waals surface area contributed by atoms with Crippen LogP contribution in [0, 0.1) is 6.92 Å². The molecule has 0 aliphatic rings. The number of aromatic nitrogens is 2. The van der Waals surface area contributed by atoms with Gasteiger partial charge >= 0.3 is 0 Å². The zero-order valence-corrected chi connectivity index (χ0v) is 18.0. The van der Waals surface area contributed by atoms with Gasteiger partial charge in [-0.1, -0.05) is 48.5 Å². The van der Waals surface area contributed by atoms with E-state index in [0.29, 0.717) is 17.2 Å². The Morgan fingerprint density at radius 2 is 1.53 bits per heavy atom. The van der Waals surface area contributed by atoms with Crippen molar-refractivity contribution in [3.63, 3.8) is 0 Å². The van der Waals surface area contributed by atoms with E-state index in [0.717, 1.165) is 11.1 Å². The summed E-state index contributed by atoms with van der Waals surface area (Å²) in [5, 5.41) is 2.69. The number of nitrogens with zero attached hydrogens (tertiary/aromatic N) is 2. The van der Waals surface area contributed by atoms with Gasteiger partial charge in [-0.3, -0.25) is 9.52 Å². The van der Waals surface area contributed by atoms with Gasteiger partial charge in [0.2, 0.25) is 0 Å². The first-order chi connectivity index (χ1) is 15.4. The lowest BCUT2D eigenvalue weighted by Crippen LogP contribution is -2.16. The minimum atomic E-state index is -3.85. The molecule has 160 valence electrons. The molecule has 2 N–H and O–H groups in total. The summed E-state index contributed by atoms with van der Waals surface area (Å²) in [6, 6.07) is 22.3. The molecule has 3 aromatic carbocycles. The fourth-order valence-corrected chi connectivity index (χ4v) is 4.15. The number of carbonyl (C=O) groups is 1. The van der Waals surface area contributed by atoms with Gasteiger partial charge < -0.3 is 5.32 Å². The summed E-state index contributed by atoms with van der Waals surface area (Å²) in [4.78, 5) is 21.2. The van der Waals surface area contributed by atoms with Crippen molar-refractivity contribution < 1.29 is 13.2 Å². The van der Waals surface area contributed by atoms with Crippen LogP contribution in [0.3, 0.4) is 0 Å². The van der Waals surface area contributed by atoms with Crippen molar-refractivity contribution >= 4 is 27.3 Å². The van der Waals surface area contributed by atoms with Crippen LogP contribution in [-0.4, -0.2) is 24.3 Å². The van der Waals surface area contributed by atoms with Gasteiger partial charge in [-0.2, -0.15) is 0 Å². The van der Waals surface area contributed by atoms with Crippen LogP contribution in [0.5, 0.6) is 0 Å². The molecule has 32 heavy (non-hydrogen) atoms. The summed E-state index contributed by atoms with van der Waals surface area (Å²) >= 11 is 0. The number of carbonyl (C=O) groups excluding carboxylic acids is 1. The second-order valence-electron chi connectivity index (χ2n) is 7.12. The maximum absolute atomic E-state index is 12.8. The number of hydrogen-bond acceptors (Lipinski definition) is 5. The predicted octanol–water partition coefficient (Wildman–Crippen LogP) is 4.51. The summed E-state index contributed by atoms with van der Waals surface area (Å²) in [6.45, 7) is 1.87. The molecule has 0 spiro atoms. The minimum absolute atomic E-state index is 0.0117. The van der Waals surface area contributed by atoms with E-state index in [1.165, 1.54) is 30.6 Å². The van der Waals surface area contributed by atoms with Crippen LogP contribution in [0.4, 0.5) is 11.4 Å². The van der Waals surface area contributed by atoms with E-state index in [1.54, 1.807) is 24.3 Å². The number of sulfonamides is 1. The third-order valence-electron chi connectivity index (χ3n) is 4.62. The fourth-order valence-electron chi connectivity index (χ4n) is 3.06.